The van der Waals surface area contributed by atoms with Crippen molar-refractivity contribution in [2.45, 2.75) is 12.4 Å². The van der Waals surface area contributed by atoms with Crippen molar-refractivity contribution in [2.24, 2.45) is 5.10 Å². The van der Waals surface area contributed by atoms with Gasteiger partial charge in [-0.1, -0.05) is 58.4 Å². The Morgan fingerprint density at radius 2 is 1.84 bits per heavy atom. The lowest BCUT2D eigenvalue weighted by atomic mass is 10.2. The van der Waals surface area contributed by atoms with E-state index < -0.39 is 0 Å². The number of carbonyl (C=O) groups excluding carboxylic acids is 1. The van der Waals surface area contributed by atoms with Crippen molar-refractivity contribution in [3.8, 4) is 11.5 Å². The Hall–Kier alpha value is -2.77. The van der Waals surface area contributed by atoms with Crippen molar-refractivity contribution in [2.75, 3.05) is 12.9 Å². The van der Waals surface area contributed by atoms with E-state index >= 15 is 0 Å². The van der Waals surface area contributed by atoms with Crippen LogP contribution in [-0.4, -0.2) is 25.0 Å². The molecule has 7 heteroatoms. The highest BCUT2D eigenvalue weighted by molar-refractivity contribution is 9.10. The van der Waals surface area contributed by atoms with Crippen LogP contribution in [-0.2, 0) is 17.2 Å². The molecule has 0 atom stereocenters. The fourth-order valence-electron chi connectivity index (χ4n) is 2.72. The highest BCUT2D eigenvalue weighted by Crippen LogP contribution is 2.28. The van der Waals surface area contributed by atoms with Gasteiger partial charge in [0, 0.05) is 10.2 Å². The number of hydrogen-bond acceptors (Lipinski definition) is 5. The van der Waals surface area contributed by atoms with Crippen LogP contribution in [0.5, 0.6) is 11.5 Å². The minimum atomic E-state index is -0.147. The Balaban J connectivity index is 1.46. The fourth-order valence-corrected chi connectivity index (χ4v) is 3.93. The maximum atomic E-state index is 12.0. The van der Waals surface area contributed by atoms with Gasteiger partial charge < -0.3 is 9.47 Å². The molecular weight excluding hydrogens is 476 g/mol. The molecule has 0 aliphatic heterocycles. The standard InChI is InChI=1S/C24H23BrN2O3S/c1-29-23-13-19(10-11-22(23)30-15-18-6-3-2-4-7-18)14-26-27-24(28)17-31-16-20-8-5-9-21(25)12-20/h2-14H,15-17H2,1H3,(H,27,28)/b26-14-. The van der Waals surface area contributed by atoms with Gasteiger partial charge in [-0.15, -0.1) is 11.8 Å². The average molecular weight is 499 g/mol. The van der Waals surface area contributed by atoms with Gasteiger partial charge in [-0.3, -0.25) is 4.79 Å². The van der Waals surface area contributed by atoms with E-state index in [4.69, 9.17) is 9.47 Å². The molecule has 31 heavy (non-hydrogen) atoms. The van der Waals surface area contributed by atoms with Gasteiger partial charge in [0.2, 0.25) is 5.91 Å². The van der Waals surface area contributed by atoms with Gasteiger partial charge in [0.05, 0.1) is 19.1 Å². The molecule has 0 aliphatic rings. The first-order valence-corrected chi connectivity index (χ1v) is 11.6. The molecule has 0 fully saturated rings. The first-order valence-electron chi connectivity index (χ1n) is 9.63. The number of nitrogens with zero attached hydrogens (tertiary/aromatic N) is 1. The molecule has 0 spiro atoms. The molecule has 0 heterocycles. The molecule has 160 valence electrons. The molecule has 0 saturated heterocycles. The van der Waals surface area contributed by atoms with Crippen LogP contribution >= 0.6 is 27.7 Å². The largest absolute Gasteiger partial charge is 0.493 e. The molecule has 1 N–H and O–H groups in total. The summed E-state index contributed by atoms with van der Waals surface area (Å²) in [5.74, 6) is 2.20. The SMILES string of the molecule is COc1cc(/C=N\NC(=O)CSCc2cccc(Br)c2)ccc1OCc1ccccc1. The Kier molecular flexibility index (Phi) is 8.99. The molecule has 0 unspecified atom stereocenters. The zero-order valence-electron chi connectivity index (χ0n) is 17.1. The second-order valence-electron chi connectivity index (χ2n) is 6.60. The zero-order valence-corrected chi connectivity index (χ0v) is 19.5. The number of hydrogen-bond donors (Lipinski definition) is 1. The van der Waals surface area contributed by atoms with E-state index in [-0.39, 0.29) is 5.91 Å². The number of hydrazone groups is 1. The number of benzene rings is 3. The number of methoxy groups -OCH3 is 1. The highest BCUT2D eigenvalue weighted by Gasteiger charge is 2.06. The second kappa shape index (κ2) is 12.2. The maximum absolute atomic E-state index is 12.0. The number of carbonyl (C=O) groups is 1. The average Bonchev–Trinajstić information content (AvgIpc) is 2.79. The number of nitrogens with one attached hydrogen (secondary N) is 1. The third kappa shape index (κ3) is 7.77. The van der Waals surface area contributed by atoms with Gasteiger partial charge >= 0.3 is 0 Å². The maximum Gasteiger partial charge on any atom is 0.250 e. The second-order valence-corrected chi connectivity index (χ2v) is 8.50. The van der Waals surface area contributed by atoms with Gasteiger partial charge in [0.25, 0.3) is 0 Å². The van der Waals surface area contributed by atoms with Crippen molar-refractivity contribution in [1.29, 1.82) is 0 Å². The van der Waals surface area contributed by atoms with Gasteiger partial charge in [0.1, 0.15) is 6.61 Å². The summed E-state index contributed by atoms with van der Waals surface area (Å²) in [6.45, 7) is 0.457. The molecule has 0 saturated carbocycles. The summed E-state index contributed by atoms with van der Waals surface area (Å²) in [6, 6.07) is 23.5. The summed E-state index contributed by atoms with van der Waals surface area (Å²) in [6.07, 6.45) is 1.58. The van der Waals surface area contributed by atoms with Gasteiger partial charge in [-0.2, -0.15) is 5.10 Å². The Morgan fingerprint density at radius 1 is 1.03 bits per heavy atom. The normalized spacial score (nSPS) is 10.8. The number of halogens is 1. The minimum Gasteiger partial charge on any atom is -0.493 e. The van der Waals surface area contributed by atoms with E-state index in [1.807, 2.05) is 72.8 Å². The minimum absolute atomic E-state index is 0.147. The van der Waals surface area contributed by atoms with E-state index in [0.29, 0.717) is 23.9 Å². The van der Waals surface area contributed by atoms with Gasteiger partial charge in [-0.05, 0) is 47.0 Å². The van der Waals surface area contributed by atoms with E-state index in [0.717, 1.165) is 26.9 Å². The van der Waals surface area contributed by atoms with Crippen molar-refractivity contribution in [3.63, 3.8) is 0 Å². The Morgan fingerprint density at radius 3 is 2.61 bits per heavy atom. The van der Waals surface area contributed by atoms with E-state index in [2.05, 4.69) is 26.5 Å². The predicted molar refractivity (Wildman–Crippen MR) is 130 cm³/mol. The molecule has 0 bridgehead atoms. The lowest BCUT2D eigenvalue weighted by molar-refractivity contribution is -0.118. The molecule has 5 nitrogen and oxygen atoms in total. The van der Waals surface area contributed by atoms with Crippen LogP contribution in [0.4, 0.5) is 0 Å². The van der Waals surface area contributed by atoms with E-state index in [9.17, 15) is 4.79 Å². The van der Waals surface area contributed by atoms with Crippen LogP contribution in [0.3, 0.4) is 0 Å². The number of amides is 1. The van der Waals surface area contributed by atoms with Crippen LogP contribution in [0.25, 0.3) is 0 Å². The van der Waals surface area contributed by atoms with Crippen molar-refractivity contribution in [1.82, 2.24) is 5.43 Å². The van der Waals surface area contributed by atoms with Crippen molar-refractivity contribution < 1.29 is 14.3 Å². The summed E-state index contributed by atoms with van der Waals surface area (Å²) in [7, 11) is 1.59. The molecule has 0 aromatic heterocycles. The molecule has 0 radical (unpaired) electrons. The van der Waals surface area contributed by atoms with E-state index in [1.54, 1.807) is 13.3 Å². The quantitative estimate of drug-likeness (QED) is 0.299. The van der Waals surface area contributed by atoms with Crippen LogP contribution in [0.15, 0.2) is 82.4 Å². The number of rotatable bonds is 10. The van der Waals surface area contributed by atoms with Crippen LogP contribution in [0.1, 0.15) is 16.7 Å². The summed E-state index contributed by atoms with van der Waals surface area (Å²) in [5.41, 5.74) is 5.60. The van der Waals surface area contributed by atoms with Gasteiger partial charge in [-0.25, -0.2) is 5.43 Å². The summed E-state index contributed by atoms with van der Waals surface area (Å²) in [4.78, 5) is 12.0. The molecule has 0 aliphatic carbocycles. The van der Waals surface area contributed by atoms with Crippen molar-refractivity contribution in [3.05, 3.63) is 94.0 Å². The lowest BCUT2D eigenvalue weighted by Crippen LogP contribution is -2.19. The smallest absolute Gasteiger partial charge is 0.250 e. The first kappa shape index (κ1) is 22.9. The summed E-state index contributed by atoms with van der Waals surface area (Å²) < 4.78 is 12.3. The monoisotopic (exact) mass is 498 g/mol. The molecule has 3 aromatic rings. The third-order valence-corrected chi connectivity index (χ3v) is 5.72. The Labute approximate surface area is 195 Å². The topological polar surface area (TPSA) is 59.9 Å². The summed E-state index contributed by atoms with van der Waals surface area (Å²) >= 11 is 4.99. The summed E-state index contributed by atoms with van der Waals surface area (Å²) in [5, 5.41) is 4.04. The van der Waals surface area contributed by atoms with Crippen LogP contribution in [0, 0.1) is 0 Å². The van der Waals surface area contributed by atoms with Crippen LogP contribution < -0.4 is 14.9 Å². The van der Waals surface area contributed by atoms with E-state index in [1.165, 1.54) is 11.8 Å². The number of ether oxygens (including phenoxy) is 2. The predicted octanol–water partition coefficient (Wildman–Crippen LogP) is 5.42. The number of thioether (sulfide) groups is 1. The molecule has 3 rings (SSSR count). The molecule has 3 aromatic carbocycles. The third-order valence-electron chi connectivity index (χ3n) is 4.22. The Bertz CT molecular complexity index is 1030. The van der Waals surface area contributed by atoms with Crippen LogP contribution in [0.2, 0.25) is 0 Å². The molecule has 1 amide bonds. The highest BCUT2D eigenvalue weighted by atomic mass is 79.9. The lowest BCUT2D eigenvalue weighted by Gasteiger charge is -2.11. The van der Waals surface area contributed by atoms with Gasteiger partial charge in [0.15, 0.2) is 11.5 Å². The fraction of sp³-hybridized carbons (Fsp3) is 0.167. The molecular formula is C24H23BrN2O3S. The first-order chi connectivity index (χ1) is 15.1. The van der Waals surface area contributed by atoms with Crippen molar-refractivity contribution >= 4 is 39.8 Å². The zero-order chi connectivity index (χ0) is 21.9.